The van der Waals surface area contributed by atoms with Crippen molar-refractivity contribution in [2.45, 2.75) is 37.0 Å². The summed E-state index contributed by atoms with van der Waals surface area (Å²) < 4.78 is 46.4. The number of aliphatic hydroxyl groups excluding tert-OH is 1. The third kappa shape index (κ3) is 5.53. The van der Waals surface area contributed by atoms with Crippen LogP contribution in [0.5, 0.6) is 0 Å². The number of nitrogens with one attached hydrogen (secondary N) is 1. The molecule has 8 rings (SSSR count). The largest absolute Gasteiger partial charge is 0.463 e. The second kappa shape index (κ2) is 13.0. The van der Waals surface area contributed by atoms with Gasteiger partial charge in [-0.15, -0.1) is 0 Å². The van der Waals surface area contributed by atoms with E-state index in [1.807, 2.05) is 0 Å². The van der Waals surface area contributed by atoms with Gasteiger partial charge in [0.05, 0.1) is 44.9 Å². The van der Waals surface area contributed by atoms with Crippen LogP contribution in [0.4, 0.5) is 30.4 Å². The summed E-state index contributed by atoms with van der Waals surface area (Å²) in [7, 11) is 0. The summed E-state index contributed by atoms with van der Waals surface area (Å²) in [6, 6.07) is 14.8. The fourth-order valence-corrected chi connectivity index (χ4v) is 9.04. The third-order valence-electron chi connectivity index (χ3n) is 11.0. The Labute approximate surface area is 318 Å². The van der Waals surface area contributed by atoms with Crippen molar-refractivity contribution in [3.8, 4) is 0 Å². The van der Waals surface area contributed by atoms with Crippen LogP contribution in [-0.4, -0.2) is 43.7 Å². The number of nitrogens with zero attached hydrogens (tertiary/aromatic N) is 4. The number of alkyl halides is 3. The number of imide groups is 2. The minimum Gasteiger partial charge on any atom is -0.463 e. The van der Waals surface area contributed by atoms with Gasteiger partial charge in [-0.2, -0.15) is 18.2 Å². The van der Waals surface area contributed by atoms with Crippen LogP contribution < -0.4 is 10.3 Å². The number of non-ortho nitro benzene ring substituents is 1. The number of aliphatic hydroxyl groups is 1. The number of carbonyl (C=O) groups excluding carboxylic acids is 4. The molecule has 2 aliphatic carbocycles. The van der Waals surface area contributed by atoms with Crippen molar-refractivity contribution in [3.63, 3.8) is 0 Å². The van der Waals surface area contributed by atoms with E-state index in [-0.39, 0.29) is 35.7 Å². The average molecular weight is 797 g/mol. The molecule has 2 aromatic heterocycles. The molecule has 2 N–H and O–H groups in total. The van der Waals surface area contributed by atoms with E-state index in [1.165, 1.54) is 42.5 Å². The van der Waals surface area contributed by atoms with Crippen LogP contribution in [0.1, 0.15) is 41.4 Å². The number of hydrogen-bond acceptors (Lipinski definition) is 10. The standard InChI is InChI=1S/C37H26Cl2F3N5O8/c38-19-3-1-17(2-4-19)36-26(33(50)46(35(36)52)44-31-27(39)13-18(15-43-31)37(40,41)42)14-25-23(30(36)28-12-9-22(16-48)55-28)10-11-24-29(25)34(51)45(32(24)49)20-5-7-21(8-6-20)47(53)54/h1-10,12-13,15,24-26,29-30,48H,11,14,16H2,(H,43,44). The predicted octanol–water partition coefficient (Wildman–Crippen LogP) is 6.59. The molecule has 4 amide bonds. The number of furan rings is 1. The zero-order chi connectivity index (χ0) is 39.1. The summed E-state index contributed by atoms with van der Waals surface area (Å²) in [6.07, 6.45) is -2.59. The quantitative estimate of drug-likeness (QED) is 0.0898. The first-order valence-electron chi connectivity index (χ1n) is 16.8. The molecule has 0 spiro atoms. The third-order valence-corrected chi connectivity index (χ3v) is 11.5. The maximum absolute atomic E-state index is 15.2. The van der Waals surface area contributed by atoms with E-state index < -0.39 is 92.7 Å². The lowest BCUT2D eigenvalue weighted by Gasteiger charge is -2.49. The van der Waals surface area contributed by atoms with Gasteiger partial charge >= 0.3 is 6.18 Å². The Morgan fingerprint density at radius 1 is 0.982 bits per heavy atom. The number of nitro benzene ring substituents is 1. The summed E-state index contributed by atoms with van der Waals surface area (Å²) in [5, 5.41) is 21.7. The van der Waals surface area contributed by atoms with Gasteiger partial charge < -0.3 is 9.52 Å². The van der Waals surface area contributed by atoms with E-state index >= 15 is 4.79 Å². The van der Waals surface area contributed by atoms with Gasteiger partial charge in [-0.05, 0) is 66.8 Å². The molecule has 282 valence electrons. The number of hydrazine groups is 1. The van der Waals surface area contributed by atoms with Crippen LogP contribution in [0.2, 0.25) is 10.0 Å². The van der Waals surface area contributed by atoms with E-state index in [9.17, 15) is 42.8 Å². The highest BCUT2D eigenvalue weighted by atomic mass is 35.5. The topological polar surface area (TPSA) is 176 Å². The number of fused-ring (bicyclic) bond motifs is 4. The Kier molecular flexibility index (Phi) is 8.62. The lowest BCUT2D eigenvalue weighted by Crippen LogP contribution is -2.53. The Hall–Kier alpha value is -5.58. The Balaban J connectivity index is 1.27. The minimum absolute atomic E-state index is 0.0607. The van der Waals surface area contributed by atoms with Gasteiger partial charge in [0, 0.05) is 23.4 Å². The summed E-state index contributed by atoms with van der Waals surface area (Å²) in [4.78, 5) is 73.6. The molecule has 6 atom stereocenters. The van der Waals surface area contributed by atoms with Gasteiger partial charge in [0.2, 0.25) is 11.8 Å². The normalized spacial score (nSPS) is 26.1. The second-order valence-electron chi connectivity index (χ2n) is 13.7. The molecule has 4 aliphatic rings. The molecule has 2 aliphatic heterocycles. The average Bonchev–Trinajstić information content (AvgIpc) is 3.79. The molecule has 1 saturated carbocycles. The summed E-state index contributed by atoms with van der Waals surface area (Å²) in [6.45, 7) is -0.507. The summed E-state index contributed by atoms with van der Waals surface area (Å²) in [5.74, 6) is -8.00. The number of halogens is 5. The molecule has 13 nitrogen and oxygen atoms in total. The van der Waals surface area contributed by atoms with E-state index in [0.29, 0.717) is 33.4 Å². The molecule has 4 aromatic rings. The monoisotopic (exact) mass is 795 g/mol. The van der Waals surface area contributed by atoms with Crippen molar-refractivity contribution in [2.24, 2.45) is 23.7 Å². The number of allylic oxidation sites excluding steroid dienone is 2. The Bertz CT molecular complexity index is 2330. The molecule has 6 unspecified atom stereocenters. The van der Waals surface area contributed by atoms with E-state index in [1.54, 1.807) is 24.3 Å². The number of rotatable bonds is 7. The molecule has 18 heteroatoms. The smallest absolute Gasteiger partial charge is 0.417 e. The number of benzene rings is 2. The van der Waals surface area contributed by atoms with Crippen molar-refractivity contribution >= 4 is 64.0 Å². The SMILES string of the molecule is O=C1C2CC3C(=CCC4C(=O)N(c5ccc([N+](=O)[O-])cc5)C(=O)C43)C(c3ccc(CO)o3)C2(c2ccc(Cl)cc2)C(=O)N1Nc1ncc(C(F)(F)F)cc1Cl. The van der Waals surface area contributed by atoms with Gasteiger partial charge in [-0.25, -0.2) is 4.98 Å². The second-order valence-corrected chi connectivity index (χ2v) is 14.5. The molecule has 4 heterocycles. The van der Waals surface area contributed by atoms with E-state index in [0.717, 1.165) is 4.90 Å². The molecule has 0 bridgehead atoms. The lowest BCUT2D eigenvalue weighted by molar-refractivity contribution is -0.384. The van der Waals surface area contributed by atoms with Crippen LogP contribution in [0.15, 0.2) is 89.0 Å². The van der Waals surface area contributed by atoms with Crippen LogP contribution in [-0.2, 0) is 37.4 Å². The highest BCUT2D eigenvalue weighted by Crippen LogP contribution is 2.64. The van der Waals surface area contributed by atoms with E-state index in [4.69, 9.17) is 27.6 Å². The molecule has 55 heavy (non-hydrogen) atoms. The fraction of sp³-hybridized carbons (Fsp3) is 0.270. The Morgan fingerprint density at radius 3 is 2.31 bits per heavy atom. The van der Waals surface area contributed by atoms with Gasteiger partial charge in [0.25, 0.3) is 17.5 Å². The first-order valence-corrected chi connectivity index (χ1v) is 17.6. The highest BCUT2D eigenvalue weighted by molar-refractivity contribution is 6.33. The fourth-order valence-electron chi connectivity index (χ4n) is 8.70. The van der Waals surface area contributed by atoms with Gasteiger partial charge in [0.1, 0.15) is 23.5 Å². The van der Waals surface area contributed by atoms with Crippen molar-refractivity contribution in [2.75, 3.05) is 10.3 Å². The van der Waals surface area contributed by atoms with Crippen LogP contribution in [0, 0.1) is 33.8 Å². The first kappa shape index (κ1) is 36.4. The highest BCUT2D eigenvalue weighted by Gasteiger charge is 2.71. The number of nitro groups is 1. The van der Waals surface area contributed by atoms with Crippen LogP contribution in [0.3, 0.4) is 0 Å². The lowest BCUT2D eigenvalue weighted by atomic mass is 9.50. The van der Waals surface area contributed by atoms with E-state index in [2.05, 4.69) is 10.4 Å². The van der Waals surface area contributed by atoms with Crippen molar-refractivity contribution in [1.82, 2.24) is 9.99 Å². The maximum atomic E-state index is 15.2. The van der Waals surface area contributed by atoms with Crippen molar-refractivity contribution in [3.05, 3.63) is 127 Å². The first-order chi connectivity index (χ1) is 26.2. The van der Waals surface area contributed by atoms with Crippen LogP contribution in [0.25, 0.3) is 0 Å². The van der Waals surface area contributed by atoms with Crippen LogP contribution >= 0.6 is 23.2 Å². The van der Waals surface area contributed by atoms with Gasteiger partial charge in [0.15, 0.2) is 5.82 Å². The summed E-state index contributed by atoms with van der Waals surface area (Å²) >= 11 is 12.5. The molecular weight excluding hydrogens is 770 g/mol. The molecular formula is C37H26Cl2F3N5O8. The van der Waals surface area contributed by atoms with Gasteiger partial charge in [-0.3, -0.25) is 39.6 Å². The number of aromatic nitrogens is 1. The van der Waals surface area contributed by atoms with Crippen molar-refractivity contribution < 1.29 is 46.8 Å². The number of hydrogen-bond donors (Lipinski definition) is 2. The molecule has 3 fully saturated rings. The molecule has 0 radical (unpaired) electrons. The molecule has 2 saturated heterocycles. The molecule has 2 aromatic carbocycles. The summed E-state index contributed by atoms with van der Waals surface area (Å²) in [5.41, 5.74) is 0.302. The number of amides is 4. The maximum Gasteiger partial charge on any atom is 0.417 e. The zero-order valence-corrected chi connectivity index (χ0v) is 29.5. The van der Waals surface area contributed by atoms with Gasteiger partial charge in [-0.1, -0.05) is 47.0 Å². The minimum atomic E-state index is -4.78. The number of pyridine rings is 1. The number of anilines is 2. The number of carbonyl (C=O) groups is 4. The zero-order valence-electron chi connectivity index (χ0n) is 28.0. The predicted molar refractivity (Wildman–Crippen MR) is 187 cm³/mol. The van der Waals surface area contributed by atoms with Crippen molar-refractivity contribution in [1.29, 1.82) is 0 Å². The Morgan fingerprint density at radius 2 is 1.69 bits per heavy atom.